The van der Waals surface area contributed by atoms with Crippen LogP contribution in [0.15, 0.2) is 6.07 Å². The number of nitrogens with one attached hydrogen (secondary N) is 1. The van der Waals surface area contributed by atoms with Crippen LogP contribution in [0.5, 0.6) is 0 Å². The molecule has 2 amide bonds. The summed E-state index contributed by atoms with van der Waals surface area (Å²) in [5, 5.41) is 3.08. The van der Waals surface area contributed by atoms with Crippen molar-refractivity contribution in [2.75, 3.05) is 18.5 Å². The summed E-state index contributed by atoms with van der Waals surface area (Å²) < 4.78 is 5.09. The maximum Gasteiger partial charge on any atom is 0.311 e. The molecular formula is C18H21Cl2N3O4. The molecule has 0 unspecified atom stereocenters. The molecule has 146 valence electrons. The first-order valence-electron chi connectivity index (χ1n) is 8.93. The molecule has 1 aliphatic heterocycles. The molecule has 1 aliphatic carbocycles. The van der Waals surface area contributed by atoms with Gasteiger partial charge < -0.3 is 15.0 Å². The fraction of sp³-hybridized carbons (Fsp3) is 0.556. The van der Waals surface area contributed by atoms with Crippen molar-refractivity contribution in [3.05, 3.63) is 21.8 Å². The first kappa shape index (κ1) is 19.9. The molecule has 9 heteroatoms. The van der Waals surface area contributed by atoms with E-state index in [9.17, 15) is 14.4 Å². The summed E-state index contributed by atoms with van der Waals surface area (Å²) >= 11 is 11.9. The Morgan fingerprint density at radius 3 is 2.70 bits per heavy atom. The van der Waals surface area contributed by atoms with Crippen molar-refractivity contribution in [1.82, 2.24) is 9.88 Å². The number of nitrogens with zero attached hydrogens (tertiary/aromatic N) is 2. The lowest BCUT2D eigenvalue weighted by Gasteiger charge is -2.23. The van der Waals surface area contributed by atoms with Crippen LogP contribution in [0.2, 0.25) is 10.0 Å². The van der Waals surface area contributed by atoms with Gasteiger partial charge in [0.2, 0.25) is 5.91 Å². The molecule has 0 aromatic carbocycles. The summed E-state index contributed by atoms with van der Waals surface area (Å²) in [5.74, 6) is -1.48. The van der Waals surface area contributed by atoms with Gasteiger partial charge in [-0.3, -0.25) is 14.4 Å². The van der Waals surface area contributed by atoms with Gasteiger partial charge in [0.1, 0.15) is 0 Å². The third-order valence-electron chi connectivity index (χ3n) is 4.97. The lowest BCUT2D eigenvalue weighted by molar-refractivity contribution is -0.151. The zero-order valence-corrected chi connectivity index (χ0v) is 16.5. The molecule has 2 aliphatic rings. The van der Waals surface area contributed by atoms with Gasteiger partial charge in [0.05, 0.1) is 21.7 Å². The van der Waals surface area contributed by atoms with Gasteiger partial charge in [-0.15, -0.1) is 0 Å². The van der Waals surface area contributed by atoms with Gasteiger partial charge in [-0.05, 0) is 25.8 Å². The Morgan fingerprint density at radius 2 is 2.00 bits per heavy atom. The van der Waals surface area contributed by atoms with Gasteiger partial charge in [-0.25, -0.2) is 4.98 Å². The van der Waals surface area contributed by atoms with Gasteiger partial charge in [-0.2, -0.15) is 0 Å². The second kappa shape index (κ2) is 8.44. The predicted molar refractivity (Wildman–Crippen MR) is 101 cm³/mol. The predicted octanol–water partition coefficient (Wildman–Crippen LogP) is 2.97. The van der Waals surface area contributed by atoms with E-state index in [0.717, 1.165) is 25.7 Å². The van der Waals surface area contributed by atoms with Crippen LogP contribution in [0.4, 0.5) is 5.82 Å². The molecule has 7 nitrogen and oxygen atoms in total. The number of likely N-dealkylation sites (tertiary alicyclic amines) is 1. The van der Waals surface area contributed by atoms with Gasteiger partial charge in [0.15, 0.2) is 12.4 Å². The molecule has 27 heavy (non-hydrogen) atoms. The molecule has 0 radical (unpaired) electrons. The van der Waals surface area contributed by atoms with E-state index in [2.05, 4.69) is 10.3 Å². The lowest BCUT2D eigenvalue weighted by Crippen LogP contribution is -2.35. The van der Waals surface area contributed by atoms with E-state index >= 15 is 0 Å². The topological polar surface area (TPSA) is 88.6 Å². The molecule has 1 N–H and O–H groups in total. The first-order chi connectivity index (χ1) is 12.8. The van der Waals surface area contributed by atoms with E-state index in [-0.39, 0.29) is 29.2 Å². The minimum atomic E-state index is -0.559. The first-order valence-corrected chi connectivity index (χ1v) is 9.69. The van der Waals surface area contributed by atoms with Crippen LogP contribution >= 0.6 is 23.2 Å². The number of anilines is 1. The molecule has 3 rings (SSSR count). The number of amides is 2. The number of hydrogen-bond acceptors (Lipinski definition) is 5. The van der Waals surface area contributed by atoms with Crippen LogP contribution < -0.4 is 5.32 Å². The van der Waals surface area contributed by atoms with Crippen LogP contribution in [-0.2, 0) is 19.1 Å². The van der Waals surface area contributed by atoms with Gasteiger partial charge in [0, 0.05) is 19.0 Å². The number of carbonyl (C=O) groups is 3. The average molecular weight is 414 g/mol. The number of pyridine rings is 1. The van der Waals surface area contributed by atoms with Crippen LogP contribution in [0.1, 0.15) is 37.8 Å². The number of carbonyl (C=O) groups excluding carboxylic acids is 3. The molecule has 0 bridgehead atoms. The standard InChI is InChI=1S/C18H21Cl2N3O4/c1-10-13(19)7-14(20)17(21-10)22-15(24)9-27-18(26)11-6-16(25)23(8-11)12-4-2-3-5-12/h7,11-12H,2-6,8-9H2,1H3,(H,21,22,24)/t11-/m1/s1. The highest BCUT2D eigenvalue weighted by Crippen LogP contribution is 2.30. The second-order valence-corrected chi connectivity index (χ2v) is 7.74. The quantitative estimate of drug-likeness (QED) is 0.749. The maximum atomic E-state index is 12.2. The highest BCUT2D eigenvalue weighted by Gasteiger charge is 2.39. The molecule has 1 aromatic heterocycles. The molecule has 2 fully saturated rings. The van der Waals surface area contributed by atoms with Crippen molar-refractivity contribution < 1.29 is 19.1 Å². The van der Waals surface area contributed by atoms with E-state index < -0.39 is 24.4 Å². The highest BCUT2D eigenvalue weighted by molar-refractivity contribution is 6.36. The van der Waals surface area contributed by atoms with Crippen LogP contribution in [-0.4, -0.2) is 46.9 Å². The average Bonchev–Trinajstić information content (AvgIpc) is 3.27. The van der Waals surface area contributed by atoms with E-state index in [1.165, 1.54) is 6.07 Å². The maximum absolute atomic E-state index is 12.2. The van der Waals surface area contributed by atoms with E-state index in [4.69, 9.17) is 27.9 Å². The number of aryl methyl sites for hydroxylation is 1. The van der Waals surface area contributed by atoms with Crippen LogP contribution in [0.3, 0.4) is 0 Å². The van der Waals surface area contributed by atoms with Crippen molar-refractivity contribution in [2.24, 2.45) is 5.92 Å². The van der Waals surface area contributed by atoms with Crippen molar-refractivity contribution in [3.63, 3.8) is 0 Å². The summed E-state index contributed by atoms with van der Waals surface area (Å²) in [5.41, 5.74) is 0.518. The van der Waals surface area contributed by atoms with E-state index in [0.29, 0.717) is 17.3 Å². The normalized spacial score (nSPS) is 20.2. The zero-order chi connectivity index (χ0) is 19.6. The van der Waals surface area contributed by atoms with E-state index in [1.54, 1.807) is 11.8 Å². The van der Waals surface area contributed by atoms with Crippen molar-refractivity contribution in [2.45, 2.75) is 45.1 Å². The number of ether oxygens (including phenoxy) is 1. The number of aromatic nitrogens is 1. The largest absolute Gasteiger partial charge is 0.455 e. The fourth-order valence-corrected chi connectivity index (χ4v) is 3.93. The summed E-state index contributed by atoms with van der Waals surface area (Å²) in [6, 6.07) is 1.72. The Kier molecular flexibility index (Phi) is 6.22. The lowest BCUT2D eigenvalue weighted by atomic mass is 10.1. The fourth-order valence-electron chi connectivity index (χ4n) is 3.53. The minimum absolute atomic E-state index is 0.0130. The highest BCUT2D eigenvalue weighted by atomic mass is 35.5. The summed E-state index contributed by atoms with van der Waals surface area (Å²) in [7, 11) is 0. The minimum Gasteiger partial charge on any atom is -0.455 e. The number of rotatable bonds is 5. The Balaban J connectivity index is 1.50. The Labute approximate surface area is 167 Å². The Bertz CT molecular complexity index is 765. The Morgan fingerprint density at radius 1 is 1.30 bits per heavy atom. The summed E-state index contributed by atoms with van der Waals surface area (Å²) in [6.45, 7) is 1.59. The molecule has 2 heterocycles. The Hall–Kier alpha value is -1.86. The molecule has 1 aromatic rings. The van der Waals surface area contributed by atoms with Gasteiger partial charge in [-0.1, -0.05) is 36.0 Å². The number of esters is 1. The summed E-state index contributed by atoms with van der Waals surface area (Å²) in [4.78, 5) is 42.3. The van der Waals surface area contributed by atoms with Crippen molar-refractivity contribution >= 4 is 46.8 Å². The SMILES string of the molecule is Cc1nc(NC(=O)COC(=O)[C@@H]2CC(=O)N(C3CCCC3)C2)c(Cl)cc1Cl. The smallest absolute Gasteiger partial charge is 0.311 e. The third-order valence-corrected chi connectivity index (χ3v) is 5.64. The third kappa shape index (κ3) is 4.71. The van der Waals surface area contributed by atoms with Gasteiger partial charge in [0.25, 0.3) is 5.91 Å². The van der Waals surface area contributed by atoms with Crippen LogP contribution in [0, 0.1) is 12.8 Å². The van der Waals surface area contributed by atoms with Gasteiger partial charge >= 0.3 is 5.97 Å². The molecular weight excluding hydrogens is 393 g/mol. The molecule has 1 saturated heterocycles. The molecule has 1 saturated carbocycles. The number of hydrogen-bond donors (Lipinski definition) is 1. The molecule has 0 spiro atoms. The van der Waals surface area contributed by atoms with Crippen molar-refractivity contribution in [3.8, 4) is 0 Å². The second-order valence-electron chi connectivity index (χ2n) is 6.93. The van der Waals surface area contributed by atoms with Crippen LogP contribution in [0.25, 0.3) is 0 Å². The van der Waals surface area contributed by atoms with Crippen molar-refractivity contribution in [1.29, 1.82) is 0 Å². The zero-order valence-electron chi connectivity index (χ0n) is 15.0. The summed E-state index contributed by atoms with van der Waals surface area (Å²) in [6.07, 6.45) is 4.35. The monoisotopic (exact) mass is 413 g/mol. The molecule has 1 atom stereocenters. The van der Waals surface area contributed by atoms with E-state index in [1.807, 2.05) is 0 Å². The number of halogens is 2.